The Balaban J connectivity index is 1.21. The van der Waals surface area contributed by atoms with Crippen LogP contribution in [0.3, 0.4) is 0 Å². The third-order valence-corrected chi connectivity index (χ3v) is 11.9. The number of ether oxygens (including phenoxy) is 1. The standard InChI is InChI=1S/C37H45ClN9O2P/c1-6-24-22-29(31(49-3)23-30(24)47-16-11-25(12-17-47)46-20-18-45(2)19-21-46)43-37-33-26(8-7-13-40-33)32(38)36(44-37)42-28-10-9-27-34(41-15-14-39-27)35(28)50(4,5)48/h7-10,13-15,22-23,25H,6,11-12,16-21H2,1-5H3,(H2,42,43,44). The zero-order chi connectivity index (χ0) is 35.0. The Morgan fingerprint density at radius 2 is 1.62 bits per heavy atom. The predicted molar refractivity (Wildman–Crippen MR) is 206 cm³/mol. The van der Waals surface area contributed by atoms with Gasteiger partial charge < -0.3 is 29.7 Å². The molecule has 0 saturated carbocycles. The van der Waals surface area contributed by atoms with Gasteiger partial charge in [0.15, 0.2) is 11.6 Å². The minimum atomic E-state index is -2.81. The van der Waals surface area contributed by atoms with Crippen molar-refractivity contribution in [1.29, 1.82) is 0 Å². The molecule has 7 rings (SSSR count). The molecule has 50 heavy (non-hydrogen) atoms. The van der Waals surface area contributed by atoms with E-state index in [0.717, 1.165) is 75.4 Å². The molecule has 13 heteroatoms. The van der Waals surface area contributed by atoms with Crippen molar-refractivity contribution in [3.63, 3.8) is 0 Å². The van der Waals surface area contributed by atoms with Gasteiger partial charge in [0.1, 0.15) is 23.9 Å². The number of rotatable bonds is 9. The van der Waals surface area contributed by atoms with Crippen LogP contribution in [0.15, 0.2) is 55.0 Å². The number of hydrogen-bond acceptors (Lipinski definition) is 11. The van der Waals surface area contributed by atoms with Crippen LogP contribution >= 0.6 is 18.7 Å². The molecule has 5 aromatic rings. The number of fused-ring (bicyclic) bond motifs is 2. The molecule has 2 aliphatic heterocycles. The van der Waals surface area contributed by atoms with E-state index in [4.69, 9.17) is 21.3 Å². The average Bonchev–Trinajstić information content (AvgIpc) is 3.13. The van der Waals surface area contributed by atoms with Crippen molar-refractivity contribution in [3.8, 4) is 5.75 Å². The molecule has 3 aromatic heterocycles. The number of aryl methyl sites for hydroxylation is 1. The molecule has 2 N–H and O–H groups in total. The van der Waals surface area contributed by atoms with Crippen LogP contribution in [-0.4, -0.2) is 103 Å². The van der Waals surface area contributed by atoms with E-state index in [-0.39, 0.29) is 0 Å². The number of nitrogens with zero attached hydrogens (tertiary/aromatic N) is 7. The second kappa shape index (κ2) is 14.3. The summed E-state index contributed by atoms with van der Waals surface area (Å²) in [4.78, 5) is 26.2. The Kier molecular flexibility index (Phi) is 9.85. The fourth-order valence-electron chi connectivity index (χ4n) is 7.32. The molecule has 0 radical (unpaired) electrons. The lowest BCUT2D eigenvalue weighted by Gasteiger charge is -2.43. The lowest BCUT2D eigenvalue weighted by molar-refractivity contribution is 0.0982. The van der Waals surface area contributed by atoms with Gasteiger partial charge in [0.2, 0.25) is 0 Å². The Morgan fingerprint density at radius 1 is 0.900 bits per heavy atom. The molecule has 0 amide bonds. The molecule has 2 aromatic carbocycles. The number of pyridine rings is 2. The normalized spacial score (nSPS) is 16.6. The highest BCUT2D eigenvalue weighted by atomic mass is 35.5. The number of likely N-dealkylation sites (N-methyl/N-ethyl adjacent to an activating group) is 1. The second-order valence-electron chi connectivity index (χ2n) is 13.6. The molecule has 5 heterocycles. The van der Waals surface area contributed by atoms with Crippen molar-refractivity contribution in [2.45, 2.75) is 32.2 Å². The number of aromatic nitrogens is 4. The van der Waals surface area contributed by atoms with Gasteiger partial charge in [-0.1, -0.05) is 18.5 Å². The summed E-state index contributed by atoms with van der Waals surface area (Å²) in [5.41, 5.74) is 5.74. The molecular formula is C37H45ClN9O2P. The first kappa shape index (κ1) is 34.4. The molecule has 262 valence electrons. The third-order valence-electron chi connectivity index (χ3n) is 10.00. The number of halogens is 1. The molecule has 0 spiro atoms. The highest BCUT2D eigenvalue weighted by molar-refractivity contribution is 7.71. The van der Waals surface area contributed by atoms with Gasteiger partial charge in [-0.3, -0.25) is 19.9 Å². The Hall–Kier alpha value is -4.02. The molecule has 11 nitrogen and oxygen atoms in total. The molecule has 2 fully saturated rings. The van der Waals surface area contributed by atoms with E-state index < -0.39 is 7.14 Å². The van der Waals surface area contributed by atoms with Crippen LogP contribution < -0.4 is 25.6 Å². The Bertz CT molecular complexity index is 2070. The van der Waals surface area contributed by atoms with E-state index in [9.17, 15) is 4.57 Å². The summed E-state index contributed by atoms with van der Waals surface area (Å²) < 4.78 is 19.6. The van der Waals surface area contributed by atoms with E-state index in [1.165, 1.54) is 11.3 Å². The summed E-state index contributed by atoms with van der Waals surface area (Å²) in [6.07, 6.45) is 8.16. The van der Waals surface area contributed by atoms with Crippen LogP contribution in [0.4, 0.5) is 28.7 Å². The average molecular weight is 714 g/mol. The van der Waals surface area contributed by atoms with Crippen LogP contribution in [0.1, 0.15) is 25.3 Å². The van der Waals surface area contributed by atoms with Crippen molar-refractivity contribution in [2.24, 2.45) is 0 Å². The van der Waals surface area contributed by atoms with Crippen molar-refractivity contribution in [3.05, 3.63) is 65.6 Å². The van der Waals surface area contributed by atoms with Crippen molar-refractivity contribution in [2.75, 3.05) is 82.3 Å². The van der Waals surface area contributed by atoms with Crippen LogP contribution in [0.5, 0.6) is 5.75 Å². The lowest BCUT2D eigenvalue weighted by Crippen LogP contribution is -2.52. The summed E-state index contributed by atoms with van der Waals surface area (Å²) in [6, 6.07) is 12.5. The van der Waals surface area contributed by atoms with Gasteiger partial charge in [0.05, 0.1) is 34.3 Å². The predicted octanol–water partition coefficient (Wildman–Crippen LogP) is 6.75. The second-order valence-corrected chi connectivity index (χ2v) is 17.1. The highest BCUT2D eigenvalue weighted by Gasteiger charge is 2.28. The maximum Gasteiger partial charge on any atom is 0.159 e. The molecule has 2 aliphatic rings. The number of nitrogens with one attached hydrogen (secondary N) is 2. The Labute approximate surface area is 298 Å². The number of piperidine rings is 1. The minimum absolute atomic E-state index is 0.405. The number of benzene rings is 2. The molecule has 0 unspecified atom stereocenters. The van der Waals surface area contributed by atoms with Crippen molar-refractivity contribution in [1.82, 2.24) is 29.7 Å². The highest BCUT2D eigenvalue weighted by Crippen LogP contribution is 2.43. The zero-order valence-electron chi connectivity index (χ0n) is 29.4. The topological polar surface area (TPSA) is 112 Å². The van der Waals surface area contributed by atoms with E-state index in [0.29, 0.717) is 50.2 Å². The maximum atomic E-state index is 13.6. The molecule has 0 atom stereocenters. The van der Waals surface area contributed by atoms with Gasteiger partial charge in [-0.25, -0.2) is 4.98 Å². The fourth-order valence-corrected chi connectivity index (χ4v) is 8.96. The van der Waals surface area contributed by atoms with Gasteiger partial charge >= 0.3 is 0 Å². The summed E-state index contributed by atoms with van der Waals surface area (Å²) in [5, 5.41) is 8.67. The largest absolute Gasteiger partial charge is 0.494 e. The summed E-state index contributed by atoms with van der Waals surface area (Å²) in [5.74, 6) is 1.65. The van der Waals surface area contributed by atoms with E-state index in [1.807, 2.05) is 24.3 Å². The zero-order valence-corrected chi connectivity index (χ0v) is 31.1. The third kappa shape index (κ3) is 6.84. The smallest absolute Gasteiger partial charge is 0.159 e. The van der Waals surface area contributed by atoms with Crippen LogP contribution in [-0.2, 0) is 11.0 Å². The van der Waals surface area contributed by atoms with Crippen molar-refractivity contribution >= 4 is 74.7 Å². The number of anilines is 5. The number of hydrogen-bond donors (Lipinski definition) is 2. The van der Waals surface area contributed by atoms with Gasteiger partial charge in [0, 0.05) is 81.0 Å². The summed E-state index contributed by atoms with van der Waals surface area (Å²) in [6.45, 7) is 12.3. The van der Waals surface area contributed by atoms with Crippen LogP contribution in [0, 0.1) is 0 Å². The van der Waals surface area contributed by atoms with Crippen molar-refractivity contribution < 1.29 is 9.30 Å². The van der Waals surface area contributed by atoms with Gasteiger partial charge in [-0.05, 0) is 75.5 Å². The summed E-state index contributed by atoms with van der Waals surface area (Å²) >= 11 is 7.01. The Morgan fingerprint density at radius 3 is 2.34 bits per heavy atom. The molecule has 2 saturated heterocycles. The van der Waals surface area contributed by atoms with E-state index in [2.05, 4.69) is 66.4 Å². The molecular weight excluding hydrogens is 669 g/mol. The quantitative estimate of drug-likeness (QED) is 0.158. The van der Waals surface area contributed by atoms with Gasteiger partial charge in [-0.15, -0.1) is 0 Å². The first-order chi connectivity index (χ1) is 24.1. The van der Waals surface area contributed by atoms with Gasteiger partial charge in [0.25, 0.3) is 0 Å². The lowest BCUT2D eigenvalue weighted by atomic mass is 9.99. The number of methoxy groups -OCH3 is 1. The summed E-state index contributed by atoms with van der Waals surface area (Å²) in [7, 11) is 1.11. The minimum Gasteiger partial charge on any atom is -0.494 e. The molecule has 0 aliphatic carbocycles. The first-order valence-electron chi connectivity index (χ1n) is 17.3. The number of piperazine rings is 1. The maximum absolute atomic E-state index is 13.6. The SMILES string of the molecule is CCc1cc(Nc2nc(Nc3ccc4nccnc4c3P(C)(C)=O)c(Cl)c3cccnc23)c(OC)cc1N1CCC(N2CCN(C)CC2)CC1. The van der Waals surface area contributed by atoms with Crippen LogP contribution in [0.2, 0.25) is 5.02 Å². The van der Waals surface area contributed by atoms with E-state index in [1.54, 1.807) is 39.0 Å². The monoisotopic (exact) mass is 713 g/mol. The van der Waals surface area contributed by atoms with Gasteiger partial charge in [-0.2, -0.15) is 0 Å². The first-order valence-corrected chi connectivity index (χ1v) is 20.3. The van der Waals surface area contributed by atoms with Crippen LogP contribution in [0.25, 0.3) is 21.9 Å². The molecule has 0 bridgehead atoms. The fraction of sp³-hybridized carbons (Fsp3) is 0.405. The van der Waals surface area contributed by atoms with E-state index >= 15 is 0 Å².